The molecule has 0 spiro atoms. The van der Waals surface area contributed by atoms with Crippen LogP contribution in [0.4, 0.5) is 0 Å². The molecule has 0 radical (unpaired) electrons. The molecule has 19 heavy (non-hydrogen) atoms. The van der Waals surface area contributed by atoms with Gasteiger partial charge in [-0.3, -0.25) is 0 Å². The fraction of sp³-hybridized carbons (Fsp3) is 0.0667. The number of aryl methyl sites for hydroxylation is 1. The highest BCUT2D eigenvalue weighted by molar-refractivity contribution is 7.68. The van der Waals surface area contributed by atoms with Crippen LogP contribution in [0.5, 0.6) is 0 Å². The Balaban J connectivity index is 1.92. The first-order chi connectivity index (χ1) is 9.24. The van der Waals surface area contributed by atoms with Gasteiger partial charge in [0.2, 0.25) is 0 Å². The van der Waals surface area contributed by atoms with Gasteiger partial charge in [0.05, 0.1) is 4.62 Å². The van der Waals surface area contributed by atoms with Crippen molar-refractivity contribution in [2.75, 3.05) is 0 Å². The SMILES string of the molecule is Cc1ccc(-c2ccc([PH](=O)c3ccccc3)s2)s1. The van der Waals surface area contributed by atoms with Gasteiger partial charge < -0.3 is 4.57 Å². The van der Waals surface area contributed by atoms with Gasteiger partial charge in [0.25, 0.3) is 0 Å². The Bertz CT molecular complexity index is 713. The quantitative estimate of drug-likeness (QED) is 0.660. The summed E-state index contributed by atoms with van der Waals surface area (Å²) < 4.78 is 13.5. The minimum absolute atomic E-state index is 0.934. The maximum Gasteiger partial charge on any atom is 0.141 e. The molecule has 4 heteroatoms. The van der Waals surface area contributed by atoms with Crippen LogP contribution in [0.25, 0.3) is 9.75 Å². The molecule has 1 atom stereocenters. The summed E-state index contributed by atoms with van der Waals surface area (Å²) in [6.07, 6.45) is 0. The first-order valence-electron chi connectivity index (χ1n) is 6.00. The van der Waals surface area contributed by atoms with Gasteiger partial charge in [0.1, 0.15) is 7.80 Å². The maximum atomic E-state index is 12.5. The molecule has 0 aliphatic heterocycles. The molecule has 3 rings (SSSR count). The van der Waals surface area contributed by atoms with E-state index in [-0.39, 0.29) is 0 Å². The first kappa shape index (κ1) is 12.9. The average molecular weight is 304 g/mol. The molecule has 2 aromatic heterocycles. The Kier molecular flexibility index (Phi) is 3.69. The second-order valence-corrected chi connectivity index (χ2v) is 8.78. The summed E-state index contributed by atoms with van der Waals surface area (Å²) in [4.78, 5) is 3.78. The highest BCUT2D eigenvalue weighted by Gasteiger charge is 2.11. The van der Waals surface area contributed by atoms with Crippen molar-refractivity contribution < 1.29 is 4.57 Å². The number of rotatable bonds is 3. The number of hydrogen-bond acceptors (Lipinski definition) is 3. The Hall–Kier alpha value is -1.15. The number of benzene rings is 1. The molecule has 0 fully saturated rings. The van der Waals surface area contributed by atoms with E-state index in [1.807, 2.05) is 36.4 Å². The summed E-state index contributed by atoms with van der Waals surface area (Å²) >= 11 is 3.43. The van der Waals surface area contributed by atoms with Crippen molar-refractivity contribution >= 4 is 40.4 Å². The second kappa shape index (κ2) is 5.46. The van der Waals surface area contributed by atoms with Crippen molar-refractivity contribution in [3.63, 3.8) is 0 Å². The van der Waals surface area contributed by atoms with E-state index in [9.17, 15) is 4.57 Å². The van der Waals surface area contributed by atoms with E-state index in [2.05, 4.69) is 25.1 Å². The van der Waals surface area contributed by atoms with Gasteiger partial charge >= 0.3 is 0 Å². The fourth-order valence-electron chi connectivity index (χ4n) is 1.89. The van der Waals surface area contributed by atoms with E-state index >= 15 is 0 Å². The largest absolute Gasteiger partial charge is 0.316 e. The van der Waals surface area contributed by atoms with Crippen LogP contribution in [0.2, 0.25) is 0 Å². The lowest BCUT2D eigenvalue weighted by Gasteiger charge is -1.98. The molecule has 1 nitrogen and oxygen atoms in total. The normalized spacial score (nSPS) is 12.5. The van der Waals surface area contributed by atoms with E-state index in [0.717, 1.165) is 9.92 Å². The zero-order valence-electron chi connectivity index (χ0n) is 10.4. The van der Waals surface area contributed by atoms with E-state index in [0.29, 0.717) is 0 Å². The minimum atomic E-state index is -1.85. The highest BCUT2D eigenvalue weighted by Crippen LogP contribution is 2.34. The molecule has 3 aromatic rings. The minimum Gasteiger partial charge on any atom is -0.316 e. The van der Waals surface area contributed by atoms with E-state index in [4.69, 9.17) is 0 Å². The van der Waals surface area contributed by atoms with Gasteiger partial charge in [-0.05, 0) is 31.2 Å². The van der Waals surface area contributed by atoms with Gasteiger partial charge in [0.15, 0.2) is 0 Å². The molecule has 0 amide bonds. The van der Waals surface area contributed by atoms with Crippen LogP contribution in [-0.4, -0.2) is 0 Å². The lowest BCUT2D eigenvalue weighted by Crippen LogP contribution is -2.01. The maximum absolute atomic E-state index is 12.5. The summed E-state index contributed by atoms with van der Waals surface area (Å²) in [5, 5.41) is 0.934. The molecular weight excluding hydrogens is 291 g/mol. The van der Waals surface area contributed by atoms with E-state index in [1.54, 1.807) is 22.7 Å². The Morgan fingerprint density at radius 1 is 0.842 bits per heavy atom. The van der Waals surface area contributed by atoms with Crippen LogP contribution in [0, 0.1) is 6.92 Å². The molecule has 0 aliphatic rings. The van der Waals surface area contributed by atoms with Gasteiger partial charge in [-0.2, -0.15) is 0 Å². The van der Waals surface area contributed by atoms with E-state index < -0.39 is 7.80 Å². The predicted octanol–water partition coefficient (Wildman–Crippen LogP) is 4.30. The molecule has 0 aliphatic carbocycles. The fourth-order valence-corrected chi connectivity index (χ4v) is 5.68. The third-order valence-corrected chi connectivity index (χ3v) is 7.28. The van der Waals surface area contributed by atoms with Crippen molar-refractivity contribution in [2.45, 2.75) is 6.92 Å². The standard InChI is InChI=1S/C15H13OPS2/c1-11-7-8-13(18-11)14-9-10-15(19-14)17(16)12-5-3-2-4-6-12/h2-10,17H,1H3. The van der Waals surface area contributed by atoms with Crippen LogP contribution < -0.4 is 9.92 Å². The summed E-state index contributed by atoms with van der Waals surface area (Å²) in [6.45, 7) is 2.11. The molecule has 0 N–H and O–H groups in total. The molecule has 0 saturated heterocycles. The summed E-state index contributed by atoms with van der Waals surface area (Å²) in [5.41, 5.74) is 0. The lowest BCUT2D eigenvalue weighted by molar-refractivity contribution is 0.598. The van der Waals surface area contributed by atoms with Gasteiger partial charge in [-0.25, -0.2) is 0 Å². The summed E-state index contributed by atoms with van der Waals surface area (Å²) in [7, 11) is -1.85. The zero-order valence-corrected chi connectivity index (χ0v) is 13.1. The van der Waals surface area contributed by atoms with Crippen LogP contribution in [0.15, 0.2) is 54.6 Å². The van der Waals surface area contributed by atoms with Crippen LogP contribution >= 0.6 is 30.5 Å². The van der Waals surface area contributed by atoms with Gasteiger partial charge in [-0.15, -0.1) is 22.7 Å². The van der Waals surface area contributed by atoms with Crippen molar-refractivity contribution in [3.8, 4) is 9.75 Å². The van der Waals surface area contributed by atoms with Crippen molar-refractivity contribution in [3.05, 3.63) is 59.5 Å². The van der Waals surface area contributed by atoms with Gasteiger partial charge in [0, 0.05) is 19.9 Å². The number of thiophene rings is 2. The van der Waals surface area contributed by atoms with Gasteiger partial charge in [-0.1, -0.05) is 30.3 Å². The lowest BCUT2D eigenvalue weighted by atomic mass is 10.4. The molecule has 0 bridgehead atoms. The van der Waals surface area contributed by atoms with Crippen molar-refractivity contribution in [1.82, 2.24) is 0 Å². The smallest absolute Gasteiger partial charge is 0.141 e. The topological polar surface area (TPSA) is 17.1 Å². The van der Waals surface area contributed by atoms with E-state index in [1.165, 1.54) is 14.6 Å². The summed E-state index contributed by atoms with van der Waals surface area (Å²) in [6, 6.07) is 18.1. The molecule has 1 aromatic carbocycles. The molecule has 96 valence electrons. The average Bonchev–Trinajstić information content (AvgIpc) is 3.07. The van der Waals surface area contributed by atoms with Crippen LogP contribution in [0.1, 0.15) is 4.88 Å². The predicted molar refractivity (Wildman–Crippen MR) is 87.1 cm³/mol. The second-order valence-electron chi connectivity index (χ2n) is 4.27. The third-order valence-electron chi connectivity index (χ3n) is 2.85. The molecular formula is C15H13OPS2. The molecule has 0 saturated carbocycles. The monoisotopic (exact) mass is 304 g/mol. The first-order valence-corrected chi connectivity index (χ1v) is 9.04. The van der Waals surface area contributed by atoms with Crippen LogP contribution in [0.3, 0.4) is 0 Å². The summed E-state index contributed by atoms with van der Waals surface area (Å²) in [5.74, 6) is 0. The Labute approximate surface area is 121 Å². The van der Waals surface area contributed by atoms with Crippen molar-refractivity contribution in [1.29, 1.82) is 0 Å². The Morgan fingerprint density at radius 3 is 2.21 bits per heavy atom. The highest BCUT2D eigenvalue weighted by atomic mass is 32.1. The number of hydrogen-bond donors (Lipinski definition) is 0. The molecule has 1 unspecified atom stereocenters. The molecule has 2 heterocycles. The van der Waals surface area contributed by atoms with Crippen LogP contribution in [-0.2, 0) is 4.57 Å². The third kappa shape index (κ3) is 2.74. The Morgan fingerprint density at radius 2 is 1.53 bits per heavy atom. The zero-order chi connectivity index (χ0) is 13.2. The van der Waals surface area contributed by atoms with Crippen molar-refractivity contribution in [2.24, 2.45) is 0 Å².